The number of hydrogen-bond acceptors (Lipinski definition) is 3. The predicted octanol–water partition coefficient (Wildman–Crippen LogP) is 3.19. The Balaban J connectivity index is 1.86. The first kappa shape index (κ1) is 14.9. The van der Waals surface area contributed by atoms with E-state index in [-0.39, 0.29) is 0 Å². The van der Waals surface area contributed by atoms with Gasteiger partial charge in [-0.25, -0.2) is 0 Å². The van der Waals surface area contributed by atoms with Crippen molar-refractivity contribution in [1.29, 1.82) is 0 Å². The third-order valence-corrected chi connectivity index (χ3v) is 3.85. The molecule has 0 saturated carbocycles. The molecule has 1 aromatic rings. The fraction of sp³-hybridized carbons (Fsp3) is 0.529. The van der Waals surface area contributed by atoms with Crippen LogP contribution in [0.2, 0.25) is 0 Å². The maximum atomic E-state index is 5.89. The second kappa shape index (κ2) is 7.95. The Morgan fingerprint density at radius 3 is 2.80 bits per heavy atom. The molecule has 0 spiro atoms. The molecule has 1 aromatic carbocycles. The zero-order valence-electron chi connectivity index (χ0n) is 12.4. The molecule has 1 aliphatic rings. The molecule has 2 rings (SSSR count). The van der Waals surface area contributed by atoms with Crippen LogP contribution in [0.4, 0.5) is 0 Å². The molecule has 0 unspecified atom stereocenters. The van der Waals surface area contributed by atoms with Gasteiger partial charge in [0.25, 0.3) is 0 Å². The number of benzene rings is 1. The summed E-state index contributed by atoms with van der Waals surface area (Å²) in [6.45, 7) is 6.81. The van der Waals surface area contributed by atoms with Gasteiger partial charge in [-0.05, 0) is 62.4 Å². The van der Waals surface area contributed by atoms with Crippen molar-refractivity contribution in [1.82, 2.24) is 5.32 Å². The highest BCUT2D eigenvalue weighted by Crippen LogP contribution is 2.29. The van der Waals surface area contributed by atoms with E-state index in [0.29, 0.717) is 0 Å². The monoisotopic (exact) mass is 275 g/mol. The van der Waals surface area contributed by atoms with Crippen molar-refractivity contribution in [3.63, 3.8) is 0 Å². The molecule has 0 atom stereocenters. The van der Waals surface area contributed by atoms with E-state index in [0.717, 1.165) is 50.0 Å². The van der Waals surface area contributed by atoms with E-state index in [4.69, 9.17) is 9.47 Å². The van der Waals surface area contributed by atoms with Crippen LogP contribution in [0.5, 0.6) is 11.5 Å². The highest BCUT2D eigenvalue weighted by molar-refractivity contribution is 5.43. The molecule has 1 N–H and O–H groups in total. The van der Waals surface area contributed by atoms with Gasteiger partial charge in [0, 0.05) is 0 Å². The maximum absolute atomic E-state index is 5.89. The summed E-state index contributed by atoms with van der Waals surface area (Å²) in [6, 6.07) is 6.10. The Morgan fingerprint density at radius 1 is 1.30 bits per heavy atom. The third kappa shape index (κ3) is 4.27. The molecule has 1 fully saturated rings. The molecule has 0 aromatic heterocycles. The smallest absolute Gasteiger partial charge is 0.161 e. The zero-order valence-corrected chi connectivity index (χ0v) is 12.4. The van der Waals surface area contributed by atoms with Gasteiger partial charge in [0.1, 0.15) is 0 Å². The van der Waals surface area contributed by atoms with E-state index in [9.17, 15) is 0 Å². The molecular weight excluding hydrogens is 250 g/mol. The topological polar surface area (TPSA) is 30.5 Å². The lowest BCUT2D eigenvalue weighted by Gasteiger charge is -2.22. The van der Waals surface area contributed by atoms with Crippen LogP contribution in [0.25, 0.3) is 0 Å². The summed E-state index contributed by atoms with van der Waals surface area (Å²) in [4.78, 5) is 0. The van der Waals surface area contributed by atoms with Crippen molar-refractivity contribution in [2.24, 2.45) is 5.92 Å². The molecule has 1 heterocycles. The average Bonchev–Trinajstić information content (AvgIpc) is 2.50. The maximum Gasteiger partial charge on any atom is 0.161 e. The normalized spacial score (nSPS) is 15.8. The Kier molecular flexibility index (Phi) is 5.93. The largest absolute Gasteiger partial charge is 0.493 e. The third-order valence-electron chi connectivity index (χ3n) is 3.85. The number of piperidine rings is 1. The zero-order chi connectivity index (χ0) is 14.2. The van der Waals surface area contributed by atoms with Crippen molar-refractivity contribution in [2.45, 2.75) is 25.7 Å². The van der Waals surface area contributed by atoms with Crippen LogP contribution in [0.1, 0.15) is 24.8 Å². The second-order valence-corrected chi connectivity index (χ2v) is 5.31. The Morgan fingerprint density at radius 2 is 2.10 bits per heavy atom. The van der Waals surface area contributed by atoms with Gasteiger partial charge in [0.2, 0.25) is 0 Å². The summed E-state index contributed by atoms with van der Waals surface area (Å²) in [6.07, 6.45) is 6.40. The van der Waals surface area contributed by atoms with Gasteiger partial charge < -0.3 is 14.8 Å². The number of nitrogens with one attached hydrogen (secondary N) is 1. The molecular formula is C17H25NO2. The van der Waals surface area contributed by atoms with E-state index in [2.05, 4.69) is 18.0 Å². The van der Waals surface area contributed by atoms with Gasteiger partial charge in [-0.15, -0.1) is 6.58 Å². The van der Waals surface area contributed by atoms with Crippen LogP contribution < -0.4 is 14.8 Å². The Labute approximate surface area is 122 Å². The van der Waals surface area contributed by atoms with Crippen molar-refractivity contribution in [2.75, 3.05) is 26.8 Å². The lowest BCUT2D eigenvalue weighted by molar-refractivity contribution is 0.243. The molecule has 20 heavy (non-hydrogen) atoms. The van der Waals surface area contributed by atoms with Gasteiger partial charge in [-0.2, -0.15) is 0 Å². The lowest BCUT2D eigenvalue weighted by Crippen LogP contribution is -2.28. The molecule has 3 nitrogen and oxygen atoms in total. The number of methoxy groups -OCH3 is 1. The van der Waals surface area contributed by atoms with Crippen molar-refractivity contribution < 1.29 is 9.47 Å². The van der Waals surface area contributed by atoms with Gasteiger partial charge in [0.15, 0.2) is 11.5 Å². The number of rotatable bonds is 7. The molecule has 3 heteroatoms. The van der Waals surface area contributed by atoms with Crippen LogP contribution in [0, 0.1) is 5.92 Å². The molecule has 0 aliphatic carbocycles. The van der Waals surface area contributed by atoms with Crippen molar-refractivity contribution >= 4 is 0 Å². The van der Waals surface area contributed by atoms with E-state index in [1.807, 2.05) is 18.2 Å². The predicted molar refractivity (Wildman–Crippen MR) is 82.6 cm³/mol. The van der Waals surface area contributed by atoms with Crippen LogP contribution >= 0.6 is 0 Å². The van der Waals surface area contributed by atoms with Crippen LogP contribution in [-0.4, -0.2) is 26.8 Å². The summed E-state index contributed by atoms with van der Waals surface area (Å²) in [7, 11) is 1.69. The van der Waals surface area contributed by atoms with Gasteiger partial charge in [-0.3, -0.25) is 0 Å². The minimum atomic E-state index is 0.766. The molecule has 1 saturated heterocycles. The lowest BCUT2D eigenvalue weighted by atomic mass is 9.95. The minimum absolute atomic E-state index is 0.766. The molecule has 110 valence electrons. The summed E-state index contributed by atoms with van der Waals surface area (Å²) < 4.78 is 11.3. The quantitative estimate of drug-likeness (QED) is 0.775. The molecule has 0 bridgehead atoms. The van der Waals surface area contributed by atoms with Crippen LogP contribution in [0.15, 0.2) is 30.9 Å². The van der Waals surface area contributed by atoms with E-state index in [1.54, 1.807) is 7.11 Å². The van der Waals surface area contributed by atoms with Gasteiger partial charge in [0.05, 0.1) is 13.7 Å². The Bertz CT molecular complexity index is 425. The SMILES string of the molecule is C=CCc1ccc(OCCC2CCNCC2)c(OC)c1. The second-order valence-electron chi connectivity index (χ2n) is 5.31. The summed E-state index contributed by atoms with van der Waals surface area (Å²) >= 11 is 0. The van der Waals surface area contributed by atoms with Crippen LogP contribution in [0.3, 0.4) is 0 Å². The summed E-state index contributed by atoms with van der Waals surface area (Å²) in [5.41, 5.74) is 1.20. The number of allylic oxidation sites excluding steroid dienone is 1. The first-order valence-corrected chi connectivity index (χ1v) is 7.45. The first-order chi connectivity index (χ1) is 9.83. The fourth-order valence-corrected chi connectivity index (χ4v) is 2.63. The molecule has 0 radical (unpaired) electrons. The minimum Gasteiger partial charge on any atom is -0.493 e. The van der Waals surface area contributed by atoms with Gasteiger partial charge >= 0.3 is 0 Å². The van der Waals surface area contributed by atoms with E-state index in [1.165, 1.54) is 18.4 Å². The first-order valence-electron chi connectivity index (χ1n) is 7.45. The fourth-order valence-electron chi connectivity index (χ4n) is 2.63. The Hall–Kier alpha value is -1.48. The summed E-state index contributed by atoms with van der Waals surface area (Å²) in [5.74, 6) is 2.45. The molecule has 1 aliphatic heterocycles. The van der Waals surface area contributed by atoms with Crippen molar-refractivity contribution in [3.8, 4) is 11.5 Å². The van der Waals surface area contributed by atoms with E-state index < -0.39 is 0 Å². The van der Waals surface area contributed by atoms with E-state index >= 15 is 0 Å². The highest BCUT2D eigenvalue weighted by Gasteiger charge is 2.13. The molecule has 0 amide bonds. The standard InChI is InChI=1S/C17H25NO2/c1-3-4-15-5-6-16(17(13-15)19-2)20-12-9-14-7-10-18-11-8-14/h3,5-6,13-14,18H,1,4,7-12H2,2H3. The van der Waals surface area contributed by atoms with Gasteiger partial charge in [-0.1, -0.05) is 12.1 Å². The number of ether oxygens (including phenoxy) is 2. The summed E-state index contributed by atoms with van der Waals surface area (Å²) in [5, 5.41) is 3.39. The van der Waals surface area contributed by atoms with Crippen LogP contribution in [-0.2, 0) is 6.42 Å². The highest BCUT2D eigenvalue weighted by atomic mass is 16.5. The number of hydrogen-bond donors (Lipinski definition) is 1. The van der Waals surface area contributed by atoms with Crippen molar-refractivity contribution in [3.05, 3.63) is 36.4 Å². The average molecular weight is 275 g/mol.